The minimum absolute atomic E-state index is 1.11. The number of aromatic amines is 1. The fourth-order valence-corrected chi connectivity index (χ4v) is 3.45. The molecule has 3 nitrogen and oxygen atoms in total. The van der Waals surface area contributed by atoms with Crippen LogP contribution in [0.5, 0.6) is 0 Å². The number of hydrogen-bond donors (Lipinski definition) is 3. The molecule has 0 atom stereocenters. The second kappa shape index (κ2) is 6.63. The van der Waals surface area contributed by atoms with E-state index >= 15 is 0 Å². The van der Waals surface area contributed by atoms with E-state index in [2.05, 4.69) is 42.6 Å². The number of quaternary nitrogens is 2. The molecule has 1 aromatic carbocycles. The van der Waals surface area contributed by atoms with Crippen LogP contribution in [0.15, 0.2) is 18.2 Å². The number of hydrogen-bond acceptors (Lipinski definition) is 0. The zero-order valence-electron chi connectivity index (χ0n) is 13.5. The lowest BCUT2D eigenvalue weighted by molar-refractivity contribution is -0.860. The van der Waals surface area contributed by atoms with Crippen molar-refractivity contribution < 1.29 is 10.2 Å². The molecule has 1 aliphatic carbocycles. The Morgan fingerprint density at radius 3 is 2.90 bits per heavy atom. The van der Waals surface area contributed by atoms with E-state index in [9.17, 15) is 0 Å². The number of aryl methyl sites for hydroxylation is 2. The molecule has 1 aromatic heterocycles. The summed E-state index contributed by atoms with van der Waals surface area (Å²) in [5.41, 5.74) is 5.88. The lowest BCUT2D eigenvalue weighted by Gasteiger charge is -2.10. The monoisotopic (exact) mass is 287 g/mol. The Bertz CT molecular complexity index is 598. The second-order valence-electron chi connectivity index (χ2n) is 6.76. The number of fused-ring (bicyclic) bond motifs is 3. The van der Waals surface area contributed by atoms with Gasteiger partial charge >= 0.3 is 0 Å². The van der Waals surface area contributed by atoms with Gasteiger partial charge in [0.2, 0.25) is 0 Å². The molecule has 0 spiro atoms. The van der Waals surface area contributed by atoms with Crippen molar-refractivity contribution in [2.45, 2.75) is 38.6 Å². The summed E-state index contributed by atoms with van der Waals surface area (Å²) in [5, 5.41) is 3.93. The molecule has 1 heterocycles. The Kier molecular flexibility index (Phi) is 4.61. The van der Waals surface area contributed by atoms with Gasteiger partial charge in [0.1, 0.15) is 6.54 Å². The van der Waals surface area contributed by atoms with Crippen LogP contribution in [0.3, 0.4) is 0 Å². The summed E-state index contributed by atoms with van der Waals surface area (Å²) >= 11 is 0. The lowest BCUT2D eigenvalue weighted by atomic mass is 9.95. The van der Waals surface area contributed by atoms with Gasteiger partial charge in [-0.2, -0.15) is 0 Å². The standard InChI is InChI=1S/C18H27N3/c1-21(2)11-5-10-19-13-14-8-9-18-16(12-14)15-6-3-4-7-17(15)20-18/h8-9,12,19-20H,3-7,10-11,13H2,1-2H3/p+2. The Hall–Kier alpha value is -1.32. The molecule has 0 saturated carbocycles. The third kappa shape index (κ3) is 3.47. The molecule has 0 aliphatic heterocycles. The van der Waals surface area contributed by atoms with Gasteiger partial charge in [0, 0.05) is 28.6 Å². The van der Waals surface area contributed by atoms with Crippen molar-refractivity contribution in [3.63, 3.8) is 0 Å². The largest absolute Gasteiger partial charge is 0.358 e. The molecule has 0 saturated heterocycles. The van der Waals surface area contributed by atoms with E-state index in [-0.39, 0.29) is 0 Å². The van der Waals surface area contributed by atoms with Crippen LogP contribution in [-0.4, -0.2) is 32.2 Å². The summed E-state index contributed by atoms with van der Waals surface area (Å²) in [6.07, 6.45) is 6.48. The smallest absolute Gasteiger partial charge is 0.101 e. The first-order chi connectivity index (χ1) is 10.2. The normalized spacial score (nSPS) is 14.8. The highest BCUT2D eigenvalue weighted by Gasteiger charge is 2.15. The Morgan fingerprint density at radius 2 is 2.05 bits per heavy atom. The summed E-state index contributed by atoms with van der Waals surface area (Å²) < 4.78 is 0. The van der Waals surface area contributed by atoms with Crippen LogP contribution in [-0.2, 0) is 19.4 Å². The van der Waals surface area contributed by atoms with Gasteiger partial charge in [0.15, 0.2) is 0 Å². The summed E-state index contributed by atoms with van der Waals surface area (Å²) in [6.45, 7) is 3.61. The molecule has 0 unspecified atom stereocenters. The van der Waals surface area contributed by atoms with E-state index in [0.29, 0.717) is 0 Å². The Labute approximate surface area is 127 Å². The Morgan fingerprint density at radius 1 is 1.19 bits per heavy atom. The molecule has 114 valence electrons. The second-order valence-corrected chi connectivity index (χ2v) is 6.76. The van der Waals surface area contributed by atoms with Crippen LogP contribution in [0, 0.1) is 0 Å². The Balaban J connectivity index is 1.64. The molecule has 1 aliphatic rings. The first-order valence-electron chi connectivity index (χ1n) is 8.47. The highest BCUT2D eigenvalue weighted by molar-refractivity contribution is 5.85. The molecular weight excluding hydrogens is 258 g/mol. The van der Waals surface area contributed by atoms with Crippen LogP contribution in [0.1, 0.15) is 36.1 Å². The first kappa shape index (κ1) is 14.6. The van der Waals surface area contributed by atoms with E-state index in [1.165, 1.54) is 67.4 Å². The highest BCUT2D eigenvalue weighted by Crippen LogP contribution is 2.29. The molecule has 3 heteroatoms. The van der Waals surface area contributed by atoms with E-state index in [0.717, 1.165) is 6.54 Å². The predicted octanol–water partition coefficient (Wildman–Crippen LogP) is 0.645. The van der Waals surface area contributed by atoms with Gasteiger partial charge in [-0.1, -0.05) is 6.07 Å². The summed E-state index contributed by atoms with van der Waals surface area (Å²) in [7, 11) is 4.45. The molecule has 3 rings (SSSR count). The van der Waals surface area contributed by atoms with Gasteiger partial charge in [-0.15, -0.1) is 0 Å². The van der Waals surface area contributed by atoms with E-state index in [1.807, 2.05) is 0 Å². The molecule has 0 amide bonds. The third-order valence-corrected chi connectivity index (χ3v) is 4.63. The fourth-order valence-electron chi connectivity index (χ4n) is 3.45. The van der Waals surface area contributed by atoms with Crippen molar-refractivity contribution in [3.8, 4) is 0 Å². The summed E-state index contributed by atoms with van der Waals surface area (Å²) in [6, 6.07) is 6.99. The maximum absolute atomic E-state index is 3.62. The number of benzene rings is 1. The zero-order valence-corrected chi connectivity index (χ0v) is 13.5. The van der Waals surface area contributed by atoms with Gasteiger partial charge in [0.05, 0.1) is 27.2 Å². The molecular formula is C18H29N3+2. The van der Waals surface area contributed by atoms with Gasteiger partial charge in [-0.25, -0.2) is 0 Å². The van der Waals surface area contributed by atoms with E-state index < -0.39 is 0 Å². The molecule has 4 N–H and O–H groups in total. The van der Waals surface area contributed by atoms with E-state index in [1.54, 1.807) is 10.5 Å². The minimum Gasteiger partial charge on any atom is -0.358 e. The lowest BCUT2D eigenvalue weighted by Crippen LogP contribution is -3.06. The molecule has 0 radical (unpaired) electrons. The van der Waals surface area contributed by atoms with E-state index in [4.69, 9.17) is 0 Å². The number of H-pyrrole nitrogens is 1. The summed E-state index contributed by atoms with van der Waals surface area (Å²) in [4.78, 5) is 5.16. The quantitative estimate of drug-likeness (QED) is 0.653. The van der Waals surface area contributed by atoms with Gasteiger partial charge < -0.3 is 15.2 Å². The van der Waals surface area contributed by atoms with Crippen molar-refractivity contribution in [3.05, 3.63) is 35.0 Å². The average Bonchev–Trinajstić information content (AvgIpc) is 2.84. The van der Waals surface area contributed by atoms with Crippen LogP contribution in [0.2, 0.25) is 0 Å². The number of aromatic nitrogens is 1. The van der Waals surface area contributed by atoms with Crippen LogP contribution >= 0.6 is 0 Å². The average molecular weight is 287 g/mol. The van der Waals surface area contributed by atoms with Gasteiger partial charge in [-0.05, 0) is 43.4 Å². The highest BCUT2D eigenvalue weighted by atomic mass is 15.0. The first-order valence-corrected chi connectivity index (χ1v) is 8.47. The van der Waals surface area contributed by atoms with Crippen molar-refractivity contribution in [2.24, 2.45) is 0 Å². The molecule has 0 bridgehead atoms. The predicted molar refractivity (Wildman–Crippen MR) is 87.7 cm³/mol. The van der Waals surface area contributed by atoms with Crippen LogP contribution in [0.25, 0.3) is 10.9 Å². The van der Waals surface area contributed by atoms with Crippen molar-refractivity contribution in [2.75, 3.05) is 27.2 Å². The molecule has 2 aromatic rings. The fraction of sp³-hybridized carbons (Fsp3) is 0.556. The molecule has 21 heavy (non-hydrogen) atoms. The third-order valence-electron chi connectivity index (χ3n) is 4.63. The SMILES string of the molecule is C[NH+](C)CCC[NH2+]Cc1ccc2[nH]c3c(c2c1)CCCC3. The topological polar surface area (TPSA) is 36.8 Å². The minimum atomic E-state index is 1.11. The van der Waals surface area contributed by atoms with Crippen molar-refractivity contribution in [1.82, 2.24) is 4.98 Å². The van der Waals surface area contributed by atoms with Crippen LogP contribution in [0.4, 0.5) is 0 Å². The maximum atomic E-state index is 3.62. The zero-order chi connectivity index (χ0) is 14.7. The van der Waals surface area contributed by atoms with Crippen molar-refractivity contribution in [1.29, 1.82) is 0 Å². The van der Waals surface area contributed by atoms with Crippen LogP contribution < -0.4 is 10.2 Å². The maximum Gasteiger partial charge on any atom is 0.101 e. The molecule has 0 fully saturated rings. The number of rotatable bonds is 6. The van der Waals surface area contributed by atoms with Crippen molar-refractivity contribution >= 4 is 10.9 Å². The van der Waals surface area contributed by atoms with Gasteiger partial charge in [-0.3, -0.25) is 0 Å². The number of nitrogens with two attached hydrogens (primary N) is 1. The number of nitrogens with one attached hydrogen (secondary N) is 2. The van der Waals surface area contributed by atoms with Gasteiger partial charge in [0.25, 0.3) is 0 Å². The summed E-state index contributed by atoms with van der Waals surface area (Å²) in [5.74, 6) is 0.